The Bertz CT molecular complexity index is 649. The van der Waals surface area contributed by atoms with Crippen LogP contribution in [0, 0.1) is 5.41 Å². The highest BCUT2D eigenvalue weighted by Gasteiger charge is 2.33. The van der Waals surface area contributed by atoms with Crippen LogP contribution in [-0.4, -0.2) is 59.4 Å². The van der Waals surface area contributed by atoms with Crippen molar-refractivity contribution in [2.24, 2.45) is 10.4 Å². The van der Waals surface area contributed by atoms with E-state index >= 15 is 0 Å². The highest BCUT2D eigenvalue weighted by atomic mass is 127. The van der Waals surface area contributed by atoms with Gasteiger partial charge in [0.15, 0.2) is 5.96 Å². The van der Waals surface area contributed by atoms with E-state index in [0.29, 0.717) is 29.8 Å². The number of carbonyl (C=O) groups is 1. The van der Waals surface area contributed by atoms with Crippen LogP contribution in [0.3, 0.4) is 0 Å². The summed E-state index contributed by atoms with van der Waals surface area (Å²) in [5, 5.41) is 9.62. The fraction of sp³-hybridized carbons (Fsp3) is 0.619. The van der Waals surface area contributed by atoms with Crippen molar-refractivity contribution in [3.05, 3.63) is 29.8 Å². The molecule has 1 aromatic carbocycles. The molecule has 3 N–H and O–H groups in total. The highest BCUT2D eigenvalue weighted by Crippen LogP contribution is 2.40. The second kappa shape index (κ2) is 13.6. The van der Waals surface area contributed by atoms with Crippen molar-refractivity contribution in [2.45, 2.75) is 32.1 Å². The number of amides is 1. The Hall–Kier alpha value is -1.55. The minimum absolute atomic E-state index is 0. The van der Waals surface area contributed by atoms with E-state index in [1.165, 1.54) is 25.7 Å². The zero-order valence-corrected chi connectivity index (χ0v) is 20.1. The van der Waals surface area contributed by atoms with E-state index < -0.39 is 0 Å². The predicted octanol–water partition coefficient (Wildman–Crippen LogP) is 2.80. The summed E-state index contributed by atoms with van der Waals surface area (Å²) in [6, 6.07) is 7.12. The number of aliphatic imine (C=N–C) groups is 1. The molecule has 7 nitrogen and oxygen atoms in total. The van der Waals surface area contributed by atoms with Crippen molar-refractivity contribution >= 4 is 35.8 Å². The lowest BCUT2D eigenvalue weighted by Gasteiger charge is -2.30. The van der Waals surface area contributed by atoms with Gasteiger partial charge in [-0.05, 0) is 42.9 Å². The van der Waals surface area contributed by atoms with E-state index in [4.69, 9.17) is 9.47 Å². The molecule has 0 heterocycles. The Kier molecular flexibility index (Phi) is 12.0. The minimum Gasteiger partial charge on any atom is -0.497 e. The van der Waals surface area contributed by atoms with Crippen LogP contribution >= 0.6 is 24.0 Å². The smallest absolute Gasteiger partial charge is 0.251 e. The van der Waals surface area contributed by atoms with E-state index in [1.807, 2.05) is 6.07 Å². The first kappa shape index (κ1) is 25.5. The molecular formula is C21H35IN4O3. The van der Waals surface area contributed by atoms with E-state index in [0.717, 1.165) is 25.5 Å². The molecule has 0 atom stereocenters. The summed E-state index contributed by atoms with van der Waals surface area (Å²) in [4.78, 5) is 16.5. The van der Waals surface area contributed by atoms with Gasteiger partial charge in [-0.3, -0.25) is 9.79 Å². The lowest BCUT2D eigenvalue weighted by atomic mass is 9.83. The fourth-order valence-corrected chi connectivity index (χ4v) is 3.67. The maximum atomic E-state index is 12.2. The number of hydrogen-bond acceptors (Lipinski definition) is 4. The van der Waals surface area contributed by atoms with E-state index in [1.54, 1.807) is 39.5 Å². The number of nitrogens with zero attached hydrogens (tertiary/aromatic N) is 1. The monoisotopic (exact) mass is 518 g/mol. The molecule has 29 heavy (non-hydrogen) atoms. The van der Waals surface area contributed by atoms with Crippen LogP contribution in [0.2, 0.25) is 0 Å². The lowest BCUT2D eigenvalue weighted by molar-refractivity contribution is 0.0954. The molecule has 0 unspecified atom stereocenters. The van der Waals surface area contributed by atoms with Crippen LogP contribution in [0.4, 0.5) is 0 Å². The molecule has 0 radical (unpaired) electrons. The van der Waals surface area contributed by atoms with Crippen molar-refractivity contribution in [3.63, 3.8) is 0 Å². The summed E-state index contributed by atoms with van der Waals surface area (Å²) in [5.41, 5.74) is 0.886. The highest BCUT2D eigenvalue weighted by molar-refractivity contribution is 14.0. The van der Waals surface area contributed by atoms with Gasteiger partial charge in [-0.25, -0.2) is 0 Å². The third-order valence-corrected chi connectivity index (χ3v) is 5.39. The first-order valence-electron chi connectivity index (χ1n) is 9.98. The zero-order valence-electron chi connectivity index (χ0n) is 17.8. The molecule has 1 aromatic rings. The molecule has 8 heteroatoms. The molecular weight excluding hydrogens is 483 g/mol. The molecule has 0 spiro atoms. The summed E-state index contributed by atoms with van der Waals surface area (Å²) in [5.74, 6) is 1.32. The Morgan fingerprint density at radius 3 is 2.52 bits per heavy atom. The molecule has 1 fully saturated rings. The molecule has 1 amide bonds. The number of benzene rings is 1. The summed E-state index contributed by atoms with van der Waals surface area (Å²) in [6.07, 6.45) is 6.11. The summed E-state index contributed by atoms with van der Waals surface area (Å²) in [6.45, 7) is 2.79. The van der Waals surface area contributed by atoms with Gasteiger partial charge >= 0.3 is 0 Å². The Morgan fingerprint density at radius 1 is 1.14 bits per heavy atom. The van der Waals surface area contributed by atoms with Gasteiger partial charge in [0.05, 0.1) is 7.11 Å². The standard InChI is InChI=1S/C21H34N4O3.HI/c1-22-20(25-16-21(11-14-27-2)9-4-5-10-21)24-13-12-23-19(26)17-7-6-8-18(15-17)28-3;/h6-8,15H,4-5,9-14,16H2,1-3H3,(H,23,26)(H2,22,24,25);1H. The quantitative estimate of drug-likeness (QED) is 0.192. The molecule has 1 aliphatic carbocycles. The second-order valence-electron chi connectivity index (χ2n) is 7.29. The largest absolute Gasteiger partial charge is 0.497 e. The topological polar surface area (TPSA) is 84.0 Å². The van der Waals surface area contributed by atoms with Crippen LogP contribution in [0.25, 0.3) is 0 Å². The number of methoxy groups -OCH3 is 2. The average molecular weight is 518 g/mol. The number of rotatable bonds is 10. The first-order chi connectivity index (χ1) is 13.6. The average Bonchev–Trinajstić information content (AvgIpc) is 3.20. The van der Waals surface area contributed by atoms with Crippen molar-refractivity contribution in [3.8, 4) is 5.75 Å². The van der Waals surface area contributed by atoms with Crippen LogP contribution in [-0.2, 0) is 4.74 Å². The van der Waals surface area contributed by atoms with Crippen LogP contribution < -0.4 is 20.7 Å². The third kappa shape index (κ3) is 8.38. The molecule has 0 bridgehead atoms. The predicted molar refractivity (Wildman–Crippen MR) is 128 cm³/mol. The van der Waals surface area contributed by atoms with Gasteiger partial charge in [0.25, 0.3) is 5.91 Å². The molecule has 1 saturated carbocycles. The van der Waals surface area contributed by atoms with Gasteiger partial charge < -0.3 is 25.4 Å². The first-order valence-corrected chi connectivity index (χ1v) is 9.98. The zero-order chi connectivity index (χ0) is 20.2. The number of halogens is 1. The maximum absolute atomic E-state index is 12.2. The van der Waals surface area contributed by atoms with Crippen LogP contribution in [0.5, 0.6) is 5.75 Å². The molecule has 0 aromatic heterocycles. The molecule has 1 aliphatic rings. The normalized spacial score (nSPS) is 15.3. The van der Waals surface area contributed by atoms with Crippen molar-refractivity contribution < 1.29 is 14.3 Å². The van der Waals surface area contributed by atoms with Crippen LogP contribution in [0.15, 0.2) is 29.3 Å². The number of nitrogens with one attached hydrogen (secondary N) is 3. The molecule has 0 saturated heterocycles. The fourth-order valence-electron chi connectivity index (χ4n) is 3.67. The Balaban J connectivity index is 0.00000420. The lowest BCUT2D eigenvalue weighted by Crippen LogP contribution is -2.45. The summed E-state index contributed by atoms with van der Waals surface area (Å²) >= 11 is 0. The van der Waals surface area contributed by atoms with Crippen molar-refractivity contribution in [1.82, 2.24) is 16.0 Å². The van der Waals surface area contributed by atoms with Gasteiger partial charge in [-0.15, -0.1) is 24.0 Å². The molecule has 0 aliphatic heterocycles. The van der Waals surface area contributed by atoms with Gasteiger partial charge in [-0.1, -0.05) is 18.9 Å². The number of hydrogen-bond donors (Lipinski definition) is 3. The second-order valence-corrected chi connectivity index (χ2v) is 7.29. The number of guanidine groups is 1. The third-order valence-electron chi connectivity index (χ3n) is 5.39. The molecule has 164 valence electrons. The van der Waals surface area contributed by atoms with Crippen molar-refractivity contribution in [1.29, 1.82) is 0 Å². The van der Waals surface area contributed by atoms with Gasteiger partial charge in [0.1, 0.15) is 5.75 Å². The van der Waals surface area contributed by atoms with Crippen LogP contribution in [0.1, 0.15) is 42.5 Å². The van der Waals surface area contributed by atoms with E-state index in [9.17, 15) is 4.79 Å². The van der Waals surface area contributed by atoms with Crippen molar-refractivity contribution in [2.75, 3.05) is 47.5 Å². The Labute approximate surface area is 191 Å². The summed E-state index contributed by atoms with van der Waals surface area (Å²) in [7, 11) is 5.11. The van der Waals surface area contributed by atoms with Gasteiger partial charge in [0.2, 0.25) is 0 Å². The maximum Gasteiger partial charge on any atom is 0.251 e. The van der Waals surface area contributed by atoms with E-state index in [2.05, 4.69) is 20.9 Å². The minimum atomic E-state index is -0.117. The molecule has 2 rings (SSSR count). The van der Waals surface area contributed by atoms with Gasteiger partial charge in [0, 0.05) is 46.0 Å². The van der Waals surface area contributed by atoms with E-state index in [-0.39, 0.29) is 29.9 Å². The summed E-state index contributed by atoms with van der Waals surface area (Å²) < 4.78 is 10.4. The SMILES string of the molecule is CN=C(NCCNC(=O)c1cccc(OC)c1)NCC1(CCOC)CCCC1.I. The number of carbonyl (C=O) groups excluding carboxylic acids is 1. The Morgan fingerprint density at radius 2 is 1.86 bits per heavy atom. The van der Waals surface area contributed by atoms with Gasteiger partial charge in [-0.2, -0.15) is 0 Å². The number of ether oxygens (including phenoxy) is 2.